The van der Waals surface area contributed by atoms with Gasteiger partial charge in [-0.1, -0.05) is 0 Å². The topological polar surface area (TPSA) is 83.9 Å². The predicted molar refractivity (Wildman–Crippen MR) is 51.2 cm³/mol. The highest BCUT2D eigenvalue weighted by molar-refractivity contribution is 6.02. The molecule has 0 spiro atoms. The molecule has 2 aliphatic rings. The molecule has 16 heavy (non-hydrogen) atoms. The molecular formula is C10H13NO5. The van der Waals surface area contributed by atoms with Gasteiger partial charge in [0.05, 0.1) is 0 Å². The van der Waals surface area contributed by atoms with E-state index in [4.69, 9.17) is 9.84 Å². The van der Waals surface area contributed by atoms with Gasteiger partial charge in [0, 0.05) is 19.4 Å². The van der Waals surface area contributed by atoms with Crippen molar-refractivity contribution in [1.82, 2.24) is 4.90 Å². The quantitative estimate of drug-likeness (QED) is 0.670. The van der Waals surface area contributed by atoms with Crippen molar-refractivity contribution in [3.8, 4) is 0 Å². The number of carboxylic acid groups (broad SMARTS) is 1. The van der Waals surface area contributed by atoms with Crippen LogP contribution in [0.3, 0.4) is 0 Å². The average Bonchev–Trinajstić information content (AvgIpc) is 2.58. The fourth-order valence-corrected chi connectivity index (χ4v) is 2.14. The van der Waals surface area contributed by atoms with E-state index < -0.39 is 18.1 Å². The van der Waals surface area contributed by atoms with Gasteiger partial charge >= 0.3 is 5.97 Å². The minimum Gasteiger partial charge on any atom is -0.481 e. The van der Waals surface area contributed by atoms with Crippen LogP contribution in [0.2, 0.25) is 0 Å². The third kappa shape index (κ3) is 1.80. The van der Waals surface area contributed by atoms with E-state index in [9.17, 15) is 14.4 Å². The van der Waals surface area contributed by atoms with Gasteiger partial charge in [-0.2, -0.15) is 0 Å². The summed E-state index contributed by atoms with van der Waals surface area (Å²) >= 11 is 0. The lowest BCUT2D eigenvalue weighted by Crippen LogP contribution is -2.50. The number of carbonyl (C=O) groups excluding carboxylic acids is 2. The molecule has 0 aromatic heterocycles. The molecule has 0 saturated carbocycles. The second-order valence-electron chi connectivity index (χ2n) is 4.01. The number of likely N-dealkylation sites (tertiary alicyclic amines) is 1. The molecule has 2 unspecified atom stereocenters. The Bertz CT molecular complexity index is 324. The lowest BCUT2D eigenvalue weighted by Gasteiger charge is -2.34. The van der Waals surface area contributed by atoms with Crippen molar-refractivity contribution in [2.75, 3.05) is 6.61 Å². The summed E-state index contributed by atoms with van der Waals surface area (Å²) in [5.74, 6) is -2.47. The molecule has 2 aliphatic heterocycles. The van der Waals surface area contributed by atoms with Crippen LogP contribution < -0.4 is 0 Å². The summed E-state index contributed by atoms with van der Waals surface area (Å²) in [4.78, 5) is 35.0. The van der Waals surface area contributed by atoms with Crippen molar-refractivity contribution in [2.45, 2.75) is 31.9 Å². The number of hydrogen-bond donors (Lipinski definition) is 1. The molecule has 0 radical (unpaired) electrons. The zero-order chi connectivity index (χ0) is 11.7. The fraction of sp³-hybridized carbons (Fsp3) is 0.700. The molecule has 2 heterocycles. The maximum Gasteiger partial charge on any atom is 0.311 e. The number of carbonyl (C=O) groups is 3. The van der Waals surface area contributed by atoms with Crippen LogP contribution in [0.25, 0.3) is 0 Å². The van der Waals surface area contributed by atoms with E-state index in [0.29, 0.717) is 19.4 Å². The summed E-state index contributed by atoms with van der Waals surface area (Å²) in [6, 6.07) is 0. The third-order valence-corrected chi connectivity index (χ3v) is 2.95. The summed E-state index contributed by atoms with van der Waals surface area (Å²) in [5.41, 5.74) is 0. The number of hydrogen-bond acceptors (Lipinski definition) is 4. The van der Waals surface area contributed by atoms with E-state index in [-0.39, 0.29) is 24.7 Å². The van der Waals surface area contributed by atoms with E-state index >= 15 is 0 Å². The van der Waals surface area contributed by atoms with Crippen LogP contribution >= 0.6 is 0 Å². The average molecular weight is 227 g/mol. The number of aliphatic carboxylic acids is 1. The summed E-state index contributed by atoms with van der Waals surface area (Å²) in [7, 11) is 0. The van der Waals surface area contributed by atoms with E-state index in [0.717, 1.165) is 4.90 Å². The van der Waals surface area contributed by atoms with Gasteiger partial charge in [-0.15, -0.1) is 0 Å². The van der Waals surface area contributed by atoms with Crippen LogP contribution in [0.4, 0.5) is 0 Å². The number of rotatable bonds is 2. The first-order valence-corrected chi connectivity index (χ1v) is 5.30. The summed E-state index contributed by atoms with van der Waals surface area (Å²) in [5, 5.41) is 9.01. The first-order valence-electron chi connectivity index (χ1n) is 5.30. The molecule has 2 atom stereocenters. The standard InChI is InChI=1S/C10H13NO5/c12-7-3-4-8(13)11(7)9-6(10(14)15)2-1-5-16-9/h6,9H,1-5H2,(H,14,15). The molecule has 2 fully saturated rings. The monoisotopic (exact) mass is 227 g/mol. The Labute approximate surface area is 92.2 Å². The lowest BCUT2D eigenvalue weighted by atomic mass is 9.98. The fourth-order valence-electron chi connectivity index (χ4n) is 2.14. The molecule has 2 rings (SSSR count). The van der Waals surface area contributed by atoms with Gasteiger partial charge in [0.2, 0.25) is 11.8 Å². The smallest absolute Gasteiger partial charge is 0.311 e. The maximum atomic E-state index is 11.5. The van der Waals surface area contributed by atoms with Crippen molar-refractivity contribution < 1.29 is 24.2 Å². The van der Waals surface area contributed by atoms with Crippen molar-refractivity contribution in [3.05, 3.63) is 0 Å². The Hall–Kier alpha value is -1.43. The highest BCUT2D eigenvalue weighted by Gasteiger charge is 2.43. The van der Waals surface area contributed by atoms with Gasteiger partial charge in [0.15, 0.2) is 6.23 Å². The Balaban J connectivity index is 2.19. The molecular weight excluding hydrogens is 214 g/mol. The predicted octanol–water partition coefficient (Wildman–Crippen LogP) is -0.0273. The third-order valence-electron chi connectivity index (χ3n) is 2.95. The first-order chi connectivity index (χ1) is 7.61. The molecule has 6 heteroatoms. The van der Waals surface area contributed by atoms with Crippen molar-refractivity contribution in [3.63, 3.8) is 0 Å². The van der Waals surface area contributed by atoms with Gasteiger partial charge in [-0.05, 0) is 12.8 Å². The molecule has 0 aromatic carbocycles. The zero-order valence-corrected chi connectivity index (χ0v) is 8.72. The van der Waals surface area contributed by atoms with Crippen molar-refractivity contribution in [2.24, 2.45) is 5.92 Å². The van der Waals surface area contributed by atoms with Crippen LogP contribution in [0.15, 0.2) is 0 Å². The van der Waals surface area contributed by atoms with Crippen LogP contribution in [-0.4, -0.2) is 40.6 Å². The second-order valence-corrected chi connectivity index (χ2v) is 4.01. The van der Waals surface area contributed by atoms with E-state index in [1.807, 2.05) is 0 Å². The minimum absolute atomic E-state index is 0.158. The van der Waals surface area contributed by atoms with Gasteiger partial charge < -0.3 is 9.84 Å². The van der Waals surface area contributed by atoms with E-state index in [1.54, 1.807) is 0 Å². The number of carboxylic acids is 1. The Morgan fingerprint density at radius 3 is 2.50 bits per heavy atom. The molecule has 0 aliphatic carbocycles. The van der Waals surface area contributed by atoms with E-state index in [2.05, 4.69) is 0 Å². The highest BCUT2D eigenvalue weighted by Crippen LogP contribution is 2.28. The van der Waals surface area contributed by atoms with Gasteiger partial charge in [0.1, 0.15) is 5.92 Å². The Morgan fingerprint density at radius 2 is 1.94 bits per heavy atom. The van der Waals surface area contributed by atoms with Crippen molar-refractivity contribution in [1.29, 1.82) is 0 Å². The molecule has 2 amide bonds. The summed E-state index contributed by atoms with van der Waals surface area (Å²) in [6.07, 6.45) is 0.491. The lowest BCUT2D eigenvalue weighted by molar-refractivity contribution is -0.175. The van der Waals surface area contributed by atoms with Crippen LogP contribution in [0.5, 0.6) is 0 Å². The molecule has 6 nitrogen and oxygen atoms in total. The minimum atomic E-state index is -1.02. The zero-order valence-electron chi connectivity index (χ0n) is 8.72. The van der Waals surface area contributed by atoms with Crippen LogP contribution in [-0.2, 0) is 19.1 Å². The first kappa shape index (κ1) is 11.1. The Morgan fingerprint density at radius 1 is 1.31 bits per heavy atom. The summed E-state index contributed by atoms with van der Waals surface area (Å²) < 4.78 is 5.28. The summed E-state index contributed by atoms with van der Waals surface area (Å²) in [6.45, 7) is 0.394. The highest BCUT2D eigenvalue weighted by atomic mass is 16.5. The van der Waals surface area contributed by atoms with Crippen molar-refractivity contribution >= 4 is 17.8 Å². The molecule has 0 aromatic rings. The SMILES string of the molecule is O=C(O)C1CCCOC1N1C(=O)CCC1=O. The Kier molecular flexibility index (Phi) is 2.91. The van der Waals surface area contributed by atoms with Gasteiger partial charge in [-0.25, -0.2) is 0 Å². The normalized spacial score (nSPS) is 30.9. The number of nitrogens with zero attached hydrogens (tertiary/aromatic N) is 1. The molecule has 88 valence electrons. The largest absolute Gasteiger partial charge is 0.481 e. The number of ether oxygens (including phenoxy) is 1. The molecule has 2 saturated heterocycles. The number of amides is 2. The van der Waals surface area contributed by atoms with Gasteiger partial charge in [0.25, 0.3) is 0 Å². The molecule has 0 bridgehead atoms. The van der Waals surface area contributed by atoms with Crippen LogP contribution in [0, 0.1) is 5.92 Å². The van der Waals surface area contributed by atoms with Crippen LogP contribution in [0.1, 0.15) is 25.7 Å². The maximum absolute atomic E-state index is 11.5. The van der Waals surface area contributed by atoms with E-state index in [1.165, 1.54) is 0 Å². The molecule has 1 N–H and O–H groups in total. The number of imide groups is 1. The van der Waals surface area contributed by atoms with Gasteiger partial charge in [-0.3, -0.25) is 19.3 Å². The second kappa shape index (κ2) is 4.21.